The molecule has 2 heterocycles. The molecule has 26 heavy (non-hydrogen) atoms. The molecule has 0 spiro atoms. The number of nitro groups is 1. The molecule has 0 atom stereocenters. The molecule has 0 N–H and O–H groups in total. The summed E-state index contributed by atoms with van der Waals surface area (Å²) in [6.07, 6.45) is 0. The van der Waals surface area contributed by atoms with E-state index in [9.17, 15) is 10.1 Å². The number of non-ortho nitro benzene ring substituents is 1. The van der Waals surface area contributed by atoms with Crippen LogP contribution in [-0.2, 0) is 0 Å². The van der Waals surface area contributed by atoms with E-state index in [4.69, 9.17) is 8.94 Å². The van der Waals surface area contributed by atoms with E-state index in [2.05, 4.69) is 15.4 Å². The molecule has 2 aromatic heterocycles. The standard InChI is InChI=1S/C18H12N4O4/c1-11-15(16(21-26-11)12-5-3-2-4-6-12)18-20-19-17(25-18)13-7-9-14(10-8-13)22(23)24/h2-10H,1H3. The summed E-state index contributed by atoms with van der Waals surface area (Å²) in [6.45, 7) is 1.77. The van der Waals surface area contributed by atoms with E-state index in [1.54, 1.807) is 19.1 Å². The van der Waals surface area contributed by atoms with Crippen molar-refractivity contribution in [2.45, 2.75) is 6.92 Å². The van der Waals surface area contributed by atoms with Crippen LogP contribution in [0.2, 0.25) is 0 Å². The highest BCUT2D eigenvalue weighted by molar-refractivity contribution is 5.78. The highest BCUT2D eigenvalue weighted by Gasteiger charge is 2.22. The third-order valence-corrected chi connectivity index (χ3v) is 3.87. The first kappa shape index (κ1) is 15.7. The van der Waals surface area contributed by atoms with Gasteiger partial charge in [0.1, 0.15) is 17.0 Å². The fraction of sp³-hybridized carbons (Fsp3) is 0.0556. The number of nitro benzene ring substituents is 1. The molecule has 2 aromatic carbocycles. The molecule has 8 heteroatoms. The van der Waals surface area contributed by atoms with Crippen molar-refractivity contribution in [2.75, 3.05) is 0 Å². The van der Waals surface area contributed by atoms with Gasteiger partial charge < -0.3 is 8.94 Å². The summed E-state index contributed by atoms with van der Waals surface area (Å²) < 4.78 is 11.1. The smallest absolute Gasteiger partial charge is 0.269 e. The van der Waals surface area contributed by atoms with E-state index < -0.39 is 4.92 Å². The summed E-state index contributed by atoms with van der Waals surface area (Å²) in [7, 11) is 0. The minimum Gasteiger partial charge on any atom is -0.416 e. The highest BCUT2D eigenvalue weighted by Crippen LogP contribution is 2.34. The van der Waals surface area contributed by atoms with Gasteiger partial charge in [-0.3, -0.25) is 10.1 Å². The molecule has 128 valence electrons. The molecule has 0 bridgehead atoms. The lowest BCUT2D eigenvalue weighted by molar-refractivity contribution is -0.384. The first-order chi connectivity index (χ1) is 12.6. The van der Waals surface area contributed by atoms with Crippen molar-refractivity contribution in [1.29, 1.82) is 0 Å². The first-order valence-electron chi connectivity index (χ1n) is 7.74. The van der Waals surface area contributed by atoms with Gasteiger partial charge in [-0.1, -0.05) is 35.5 Å². The second-order valence-corrected chi connectivity index (χ2v) is 5.54. The Labute approximate surface area is 147 Å². The summed E-state index contributed by atoms with van der Waals surface area (Å²) in [5, 5.41) is 23.0. The van der Waals surface area contributed by atoms with Crippen molar-refractivity contribution in [3.63, 3.8) is 0 Å². The molecule has 0 aliphatic heterocycles. The zero-order chi connectivity index (χ0) is 18.1. The van der Waals surface area contributed by atoms with Gasteiger partial charge in [0, 0.05) is 23.3 Å². The Hall–Kier alpha value is -3.81. The summed E-state index contributed by atoms with van der Waals surface area (Å²) in [6, 6.07) is 15.4. The van der Waals surface area contributed by atoms with Crippen LogP contribution in [0.5, 0.6) is 0 Å². The van der Waals surface area contributed by atoms with Gasteiger partial charge >= 0.3 is 0 Å². The highest BCUT2D eigenvalue weighted by atomic mass is 16.6. The van der Waals surface area contributed by atoms with Crippen LogP contribution in [0, 0.1) is 17.0 Å². The number of aromatic nitrogens is 3. The number of benzene rings is 2. The molecule has 0 aliphatic rings. The van der Waals surface area contributed by atoms with E-state index in [1.165, 1.54) is 12.1 Å². The van der Waals surface area contributed by atoms with Crippen molar-refractivity contribution in [1.82, 2.24) is 15.4 Å². The Balaban J connectivity index is 1.73. The number of hydrogen-bond donors (Lipinski definition) is 0. The van der Waals surface area contributed by atoms with Gasteiger partial charge in [0.2, 0.25) is 5.89 Å². The molecular formula is C18H12N4O4. The number of aryl methyl sites for hydroxylation is 1. The van der Waals surface area contributed by atoms with E-state index in [1.807, 2.05) is 30.3 Å². The SMILES string of the molecule is Cc1onc(-c2ccccc2)c1-c1nnc(-c2ccc([N+](=O)[O-])cc2)o1. The molecule has 0 saturated carbocycles. The molecule has 0 aliphatic carbocycles. The van der Waals surface area contributed by atoms with Crippen LogP contribution in [0.4, 0.5) is 5.69 Å². The van der Waals surface area contributed by atoms with Crippen LogP contribution >= 0.6 is 0 Å². The molecule has 0 amide bonds. The molecule has 4 aromatic rings. The van der Waals surface area contributed by atoms with Gasteiger partial charge in [0.15, 0.2) is 0 Å². The lowest BCUT2D eigenvalue weighted by Crippen LogP contribution is -1.87. The summed E-state index contributed by atoms with van der Waals surface area (Å²) in [5.41, 5.74) is 2.69. The van der Waals surface area contributed by atoms with Gasteiger partial charge in [0.05, 0.1) is 4.92 Å². The van der Waals surface area contributed by atoms with E-state index >= 15 is 0 Å². The van der Waals surface area contributed by atoms with Crippen molar-refractivity contribution in [3.05, 3.63) is 70.5 Å². The fourth-order valence-corrected chi connectivity index (χ4v) is 2.58. The maximum absolute atomic E-state index is 10.8. The topological polar surface area (TPSA) is 108 Å². The normalized spacial score (nSPS) is 10.8. The van der Waals surface area contributed by atoms with Gasteiger partial charge in [-0.05, 0) is 19.1 Å². The third kappa shape index (κ3) is 2.73. The van der Waals surface area contributed by atoms with E-state index in [0.717, 1.165) is 5.56 Å². The van der Waals surface area contributed by atoms with Gasteiger partial charge in [-0.15, -0.1) is 10.2 Å². The fourth-order valence-electron chi connectivity index (χ4n) is 2.58. The van der Waals surface area contributed by atoms with Crippen molar-refractivity contribution < 1.29 is 13.9 Å². The first-order valence-corrected chi connectivity index (χ1v) is 7.74. The summed E-state index contributed by atoms with van der Waals surface area (Å²) >= 11 is 0. The maximum Gasteiger partial charge on any atom is 0.269 e. The average Bonchev–Trinajstić information content (AvgIpc) is 3.29. The molecule has 8 nitrogen and oxygen atoms in total. The van der Waals surface area contributed by atoms with Gasteiger partial charge in [0.25, 0.3) is 11.6 Å². The molecule has 0 unspecified atom stereocenters. The zero-order valence-electron chi connectivity index (χ0n) is 13.6. The van der Waals surface area contributed by atoms with Crippen LogP contribution in [0.3, 0.4) is 0 Å². The zero-order valence-corrected chi connectivity index (χ0v) is 13.6. The average molecular weight is 348 g/mol. The number of rotatable bonds is 4. The molecule has 4 rings (SSSR count). The van der Waals surface area contributed by atoms with Crippen molar-refractivity contribution in [2.24, 2.45) is 0 Å². The Kier molecular flexibility index (Phi) is 3.77. The lowest BCUT2D eigenvalue weighted by Gasteiger charge is -1.98. The van der Waals surface area contributed by atoms with Crippen LogP contribution in [-0.4, -0.2) is 20.3 Å². The predicted octanol–water partition coefficient (Wildman–Crippen LogP) is 4.28. The monoisotopic (exact) mass is 348 g/mol. The largest absolute Gasteiger partial charge is 0.416 e. The predicted molar refractivity (Wildman–Crippen MR) is 92.1 cm³/mol. The molecule has 0 radical (unpaired) electrons. The summed E-state index contributed by atoms with van der Waals surface area (Å²) in [5.74, 6) is 1.09. The van der Waals surface area contributed by atoms with Crippen molar-refractivity contribution in [3.8, 4) is 34.2 Å². The minimum atomic E-state index is -0.463. The second kappa shape index (κ2) is 6.25. The van der Waals surface area contributed by atoms with Crippen LogP contribution in [0.15, 0.2) is 63.5 Å². The van der Waals surface area contributed by atoms with Gasteiger partial charge in [-0.2, -0.15) is 0 Å². The lowest BCUT2D eigenvalue weighted by atomic mass is 10.1. The third-order valence-electron chi connectivity index (χ3n) is 3.87. The van der Waals surface area contributed by atoms with Crippen LogP contribution in [0.1, 0.15) is 5.76 Å². The Morgan fingerprint density at radius 3 is 2.31 bits per heavy atom. The Morgan fingerprint density at radius 1 is 0.923 bits per heavy atom. The Bertz CT molecular complexity index is 1070. The second-order valence-electron chi connectivity index (χ2n) is 5.54. The summed E-state index contributed by atoms with van der Waals surface area (Å²) in [4.78, 5) is 10.3. The van der Waals surface area contributed by atoms with E-state index in [-0.39, 0.29) is 17.5 Å². The quantitative estimate of drug-likeness (QED) is 0.400. The van der Waals surface area contributed by atoms with Crippen LogP contribution < -0.4 is 0 Å². The number of hydrogen-bond acceptors (Lipinski definition) is 7. The minimum absolute atomic E-state index is 0.00488. The van der Waals surface area contributed by atoms with Crippen LogP contribution in [0.25, 0.3) is 34.2 Å². The van der Waals surface area contributed by atoms with Crippen molar-refractivity contribution >= 4 is 5.69 Å². The molecule has 0 saturated heterocycles. The molecule has 0 fully saturated rings. The van der Waals surface area contributed by atoms with E-state index in [0.29, 0.717) is 22.6 Å². The Morgan fingerprint density at radius 2 is 1.62 bits per heavy atom. The molecular weight excluding hydrogens is 336 g/mol. The maximum atomic E-state index is 10.8. The van der Waals surface area contributed by atoms with Gasteiger partial charge in [-0.25, -0.2) is 0 Å². The number of nitrogens with zero attached hydrogens (tertiary/aromatic N) is 4.